The lowest BCUT2D eigenvalue weighted by atomic mass is 10.2. The largest absolute Gasteiger partial charge is 0.334 e. The maximum Gasteiger partial charge on any atom is 0.0964 e. The van der Waals surface area contributed by atoms with Crippen LogP contribution in [0.5, 0.6) is 0 Å². The summed E-state index contributed by atoms with van der Waals surface area (Å²) in [5.41, 5.74) is 0.982. The first-order valence-corrected chi connectivity index (χ1v) is 5.98. The summed E-state index contributed by atoms with van der Waals surface area (Å²) in [7, 11) is 2.22. The van der Waals surface area contributed by atoms with E-state index in [1.807, 2.05) is 30.5 Å². The maximum atomic E-state index is 6.05. The number of piperazine rings is 1. The van der Waals surface area contributed by atoms with Gasteiger partial charge in [-0.1, -0.05) is 29.8 Å². The lowest BCUT2D eigenvalue weighted by Gasteiger charge is -2.27. The summed E-state index contributed by atoms with van der Waals surface area (Å²) < 4.78 is 0. The van der Waals surface area contributed by atoms with E-state index in [2.05, 4.69) is 17.2 Å². The van der Waals surface area contributed by atoms with Crippen molar-refractivity contribution in [3.8, 4) is 0 Å². The summed E-state index contributed by atoms with van der Waals surface area (Å²) in [6.45, 7) is 4.35. The van der Waals surface area contributed by atoms with Crippen LogP contribution in [0.3, 0.4) is 0 Å². The maximum absolute atomic E-state index is 6.05. The normalized spacial score (nSPS) is 18.2. The molecule has 0 aliphatic carbocycles. The molecule has 16 heavy (non-hydrogen) atoms. The summed E-state index contributed by atoms with van der Waals surface area (Å²) in [5, 5.41) is 7.32. The van der Waals surface area contributed by atoms with E-state index in [9.17, 15) is 0 Å². The Morgan fingerprint density at radius 1 is 1.31 bits per heavy atom. The van der Waals surface area contributed by atoms with Crippen LogP contribution in [0.25, 0.3) is 0 Å². The number of hydrogen-bond acceptors (Lipinski definition) is 2. The van der Waals surface area contributed by atoms with Gasteiger partial charge in [-0.3, -0.25) is 5.01 Å². The van der Waals surface area contributed by atoms with Crippen LogP contribution in [0.15, 0.2) is 29.4 Å². The molecule has 0 aromatic heterocycles. The zero-order valence-electron chi connectivity index (χ0n) is 9.49. The van der Waals surface area contributed by atoms with Crippen molar-refractivity contribution >= 4 is 17.8 Å². The average Bonchev–Trinajstić information content (AvgIpc) is 2.30. The highest BCUT2D eigenvalue weighted by molar-refractivity contribution is 6.33. The number of likely N-dealkylation sites (N-methyl/N-ethyl adjacent to an activating group) is 1. The van der Waals surface area contributed by atoms with Crippen LogP contribution in [0, 0.1) is 0 Å². The van der Waals surface area contributed by atoms with Crippen LogP contribution >= 0.6 is 11.6 Å². The molecule has 0 atom stereocenters. The number of quaternary nitrogens is 1. The number of halogens is 1. The fraction of sp³-hybridized carbons (Fsp3) is 0.417. The summed E-state index contributed by atoms with van der Waals surface area (Å²) in [4.78, 5) is 1.57. The smallest absolute Gasteiger partial charge is 0.0964 e. The van der Waals surface area contributed by atoms with Crippen molar-refractivity contribution in [3.05, 3.63) is 34.9 Å². The fourth-order valence-corrected chi connectivity index (χ4v) is 1.90. The number of rotatable bonds is 2. The molecule has 4 heteroatoms. The summed E-state index contributed by atoms with van der Waals surface area (Å²) in [6.07, 6.45) is 1.85. The van der Waals surface area contributed by atoms with Crippen molar-refractivity contribution in [2.24, 2.45) is 5.10 Å². The van der Waals surface area contributed by atoms with Crippen LogP contribution in [0.1, 0.15) is 5.56 Å². The van der Waals surface area contributed by atoms with E-state index in [1.54, 1.807) is 4.90 Å². The molecule has 1 aromatic rings. The molecule has 0 saturated carbocycles. The van der Waals surface area contributed by atoms with Crippen molar-refractivity contribution in [1.82, 2.24) is 5.01 Å². The van der Waals surface area contributed by atoms with E-state index >= 15 is 0 Å². The van der Waals surface area contributed by atoms with Gasteiger partial charge in [-0.25, -0.2) is 0 Å². The van der Waals surface area contributed by atoms with Crippen molar-refractivity contribution in [2.75, 3.05) is 33.2 Å². The minimum absolute atomic E-state index is 0.756. The van der Waals surface area contributed by atoms with E-state index in [4.69, 9.17) is 11.6 Å². The van der Waals surface area contributed by atoms with Gasteiger partial charge < -0.3 is 4.90 Å². The molecular formula is C12H17ClN3+. The third kappa shape index (κ3) is 2.97. The zero-order chi connectivity index (χ0) is 11.4. The number of nitrogens with one attached hydrogen (secondary N) is 1. The first-order chi connectivity index (χ1) is 7.75. The third-order valence-corrected chi connectivity index (χ3v) is 3.20. The lowest BCUT2D eigenvalue weighted by molar-refractivity contribution is -0.884. The van der Waals surface area contributed by atoms with E-state index in [0.29, 0.717) is 0 Å². The van der Waals surface area contributed by atoms with Crippen molar-refractivity contribution < 1.29 is 4.90 Å². The molecule has 1 N–H and O–H groups in total. The minimum atomic E-state index is 0.756. The standard InChI is InChI=1S/C12H16ClN3/c1-15-6-8-16(9-7-15)14-10-11-4-2-3-5-12(11)13/h2-5,10H,6-9H2,1H3/p+1/b14-10-. The minimum Gasteiger partial charge on any atom is -0.334 e. The van der Waals surface area contributed by atoms with Gasteiger partial charge in [0.2, 0.25) is 0 Å². The summed E-state index contributed by atoms with van der Waals surface area (Å²) >= 11 is 6.05. The summed E-state index contributed by atoms with van der Waals surface area (Å²) in [6, 6.07) is 7.77. The predicted octanol–water partition coefficient (Wildman–Crippen LogP) is 0.504. The second-order valence-corrected chi connectivity index (χ2v) is 4.58. The molecule has 2 rings (SSSR count). The first-order valence-electron chi connectivity index (χ1n) is 5.60. The molecule has 0 amide bonds. The van der Waals surface area contributed by atoms with Gasteiger partial charge in [0.25, 0.3) is 0 Å². The van der Waals surface area contributed by atoms with Crippen molar-refractivity contribution in [2.45, 2.75) is 0 Å². The third-order valence-electron chi connectivity index (χ3n) is 2.86. The van der Waals surface area contributed by atoms with Gasteiger partial charge in [0, 0.05) is 10.6 Å². The first kappa shape index (κ1) is 11.4. The van der Waals surface area contributed by atoms with Gasteiger partial charge in [-0.2, -0.15) is 5.10 Å². The number of hydrazone groups is 1. The molecule has 86 valence electrons. The van der Waals surface area contributed by atoms with Gasteiger partial charge in [-0.15, -0.1) is 0 Å². The molecule has 0 unspecified atom stereocenters. The Hall–Kier alpha value is -1.06. The van der Waals surface area contributed by atoms with Gasteiger partial charge in [0.1, 0.15) is 0 Å². The SMILES string of the molecule is C[NH+]1CCN(/N=C\c2ccccc2Cl)CC1. The van der Waals surface area contributed by atoms with E-state index in [0.717, 1.165) is 36.8 Å². The molecule has 1 saturated heterocycles. The van der Waals surface area contributed by atoms with E-state index in [-0.39, 0.29) is 0 Å². The molecule has 1 heterocycles. The Bertz CT molecular complexity index is 370. The Balaban J connectivity index is 1.97. The highest BCUT2D eigenvalue weighted by Gasteiger charge is 2.13. The highest BCUT2D eigenvalue weighted by Crippen LogP contribution is 2.12. The van der Waals surface area contributed by atoms with Gasteiger partial charge >= 0.3 is 0 Å². The molecule has 0 radical (unpaired) electrons. The quantitative estimate of drug-likeness (QED) is 0.745. The average molecular weight is 239 g/mol. The van der Waals surface area contributed by atoms with Crippen LogP contribution in [-0.4, -0.2) is 44.5 Å². The summed E-state index contributed by atoms with van der Waals surface area (Å²) in [5.74, 6) is 0. The molecular weight excluding hydrogens is 222 g/mol. The Labute approximate surface area is 101 Å². The zero-order valence-corrected chi connectivity index (χ0v) is 10.2. The number of nitrogens with zero attached hydrogens (tertiary/aromatic N) is 2. The lowest BCUT2D eigenvalue weighted by Crippen LogP contribution is -3.11. The van der Waals surface area contributed by atoms with Gasteiger partial charge in [0.15, 0.2) is 0 Å². The number of benzene rings is 1. The number of hydrogen-bond donors (Lipinski definition) is 1. The molecule has 1 aliphatic rings. The second kappa shape index (κ2) is 5.32. The molecule has 0 bridgehead atoms. The monoisotopic (exact) mass is 238 g/mol. The Morgan fingerprint density at radius 2 is 2.00 bits per heavy atom. The van der Waals surface area contributed by atoms with Crippen LogP contribution < -0.4 is 4.90 Å². The van der Waals surface area contributed by atoms with Crippen LogP contribution in [0.2, 0.25) is 5.02 Å². The fourth-order valence-electron chi connectivity index (χ4n) is 1.72. The van der Waals surface area contributed by atoms with Crippen molar-refractivity contribution in [3.63, 3.8) is 0 Å². The predicted molar refractivity (Wildman–Crippen MR) is 67.2 cm³/mol. The Kier molecular flexibility index (Phi) is 3.80. The highest BCUT2D eigenvalue weighted by atomic mass is 35.5. The topological polar surface area (TPSA) is 20.0 Å². The Morgan fingerprint density at radius 3 is 2.69 bits per heavy atom. The van der Waals surface area contributed by atoms with E-state index < -0.39 is 0 Å². The molecule has 1 aromatic carbocycles. The van der Waals surface area contributed by atoms with Crippen molar-refractivity contribution in [1.29, 1.82) is 0 Å². The van der Waals surface area contributed by atoms with Gasteiger partial charge in [0.05, 0.1) is 39.4 Å². The van der Waals surface area contributed by atoms with E-state index in [1.165, 1.54) is 0 Å². The van der Waals surface area contributed by atoms with Gasteiger partial charge in [-0.05, 0) is 6.07 Å². The molecule has 1 aliphatic heterocycles. The molecule has 0 spiro atoms. The second-order valence-electron chi connectivity index (χ2n) is 4.18. The van der Waals surface area contributed by atoms with Crippen LogP contribution in [0.4, 0.5) is 0 Å². The molecule has 1 fully saturated rings. The molecule has 3 nitrogen and oxygen atoms in total. The van der Waals surface area contributed by atoms with Crippen LogP contribution in [-0.2, 0) is 0 Å².